The van der Waals surface area contributed by atoms with Crippen molar-refractivity contribution < 1.29 is 4.92 Å². The molecule has 1 aromatic heterocycles. The van der Waals surface area contributed by atoms with E-state index in [1.807, 2.05) is 34.9 Å². The Hall–Kier alpha value is -2.67. The van der Waals surface area contributed by atoms with Crippen LogP contribution < -0.4 is 0 Å². The molecule has 0 amide bonds. The molecule has 0 aliphatic heterocycles. The Morgan fingerprint density at radius 2 is 1.79 bits per heavy atom. The molecular formula is C17H16N4O2S. The molecular weight excluding hydrogens is 324 g/mol. The summed E-state index contributed by atoms with van der Waals surface area (Å²) in [6.45, 7) is 2.63. The first kappa shape index (κ1) is 16.2. The summed E-state index contributed by atoms with van der Waals surface area (Å²) in [7, 11) is 0. The van der Waals surface area contributed by atoms with Crippen LogP contribution in [0.15, 0.2) is 59.8 Å². The molecule has 0 atom stereocenters. The van der Waals surface area contributed by atoms with Gasteiger partial charge >= 0.3 is 0 Å². The van der Waals surface area contributed by atoms with Gasteiger partial charge in [0.25, 0.3) is 5.69 Å². The number of nitro benzene ring substituents is 1. The molecule has 3 aromatic rings. The third-order valence-electron chi connectivity index (χ3n) is 3.51. The van der Waals surface area contributed by atoms with E-state index in [9.17, 15) is 10.1 Å². The summed E-state index contributed by atoms with van der Waals surface area (Å²) in [4.78, 5) is 10.4. The van der Waals surface area contributed by atoms with Crippen molar-refractivity contribution in [2.75, 3.05) is 5.75 Å². The van der Waals surface area contributed by atoms with Crippen molar-refractivity contribution in [3.63, 3.8) is 0 Å². The SMILES string of the molecule is CCSc1nnc(-c2ccccc2)n1Cc1ccc([N+](=O)[O-])cc1. The number of thioether (sulfide) groups is 1. The van der Waals surface area contributed by atoms with E-state index in [1.54, 1.807) is 23.9 Å². The molecule has 0 fully saturated rings. The molecule has 0 radical (unpaired) electrons. The zero-order valence-electron chi connectivity index (χ0n) is 13.1. The van der Waals surface area contributed by atoms with Crippen molar-refractivity contribution >= 4 is 17.4 Å². The minimum Gasteiger partial charge on any atom is -0.298 e. The monoisotopic (exact) mass is 340 g/mol. The summed E-state index contributed by atoms with van der Waals surface area (Å²) in [5, 5.41) is 20.2. The van der Waals surface area contributed by atoms with Crippen LogP contribution in [0, 0.1) is 10.1 Å². The Kier molecular flexibility index (Phi) is 4.90. The Labute approximate surface area is 143 Å². The summed E-state index contributed by atoms with van der Waals surface area (Å²) < 4.78 is 2.05. The van der Waals surface area contributed by atoms with Crippen LogP contribution in [0.1, 0.15) is 12.5 Å². The van der Waals surface area contributed by atoms with Crippen LogP contribution in [0.25, 0.3) is 11.4 Å². The average molecular weight is 340 g/mol. The highest BCUT2D eigenvalue weighted by atomic mass is 32.2. The lowest BCUT2D eigenvalue weighted by Crippen LogP contribution is -2.04. The molecule has 7 heteroatoms. The zero-order chi connectivity index (χ0) is 16.9. The van der Waals surface area contributed by atoms with Gasteiger partial charge in [-0.25, -0.2) is 0 Å². The molecule has 0 unspecified atom stereocenters. The maximum Gasteiger partial charge on any atom is 0.269 e. The second kappa shape index (κ2) is 7.27. The van der Waals surface area contributed by atoms with Crippen LogP contribution in [0.4, 0.5) is 5.69 Å². The molecule has 1 heterocycles. The highest BCUT2D eigenvalue weighted by Crippen LogP contribution is 2.25. The number of benzene rings is 2. The van der Waals surface area contributed by atoms with E-state index >= 15 is 0 Å². The summed E-state index contributed by atoms with van der Waals surface area (Å²) in [6.07, 6.45) is 0. The van der Waals surface area contributed by atoms with Gasteiger partial charge in [0, 0.05) is 17.7 Å². The van der Waals surface area contributed by atoms with Gasteiger partial charge in [0.1, 0.15) is 0 Å². The summed E-state index contributed by atoms with van der Waals surface area (Å²) in [5.41, 5.74) is 2.05. The number of aromatic nitrogens is 3. The van der Waals surface area contributed by atoms with Crippen molar-refractivity contribution in [3.05, 3.63) is 70.3 Å². The molecule has 6 nitrogen and oxygen atoms in total. The van der Waals surface area contributed by atoms with Crippen molar-refractivity contribution in [2.45, 2.75) is 18.6 Å². The van der Waals surface area contributed by atoms with Gasteiger partial charge in [-0.2, -0.15) is 0 Å². The quantitative estimate of drug-likeness (QED) is 0.385. The van der Waals surface area contributed by atoms with E-state index in [4.69, 9.17) is 0 Å². The Bertz CT molecular complexity index is 832. The Morgan fingerprint density at radius 3 is 2.42 bits per heavy atom. The smallest absolute Gasteiger partial charge is 0.269 e. The van der Waals surface area contributed by atoms with Crippen LogP contribution >= 0.6 is 11.8 Å². The molecule has 0 saturated heterocycles. The fraction of sp³-hybridized carbons (Fsp3) is 0.176. The maximum absolute atomic E-state index is 10.8. The second-order valence-corrected chi connectivity index (χ2v) is 6.35. The lowest BCUT2D eigenvalue weighted by Gasteiger charge is -2.10. The fourth-order valence-corrected chi connectivity index (χ4v) is 3.04. The fourth-order valence-electron chi connectivity index (χ4n) is 2.37. The third kappa shape index (κ3) is 3.46. The van der Waals surface area contributed by atoms with Gasteiger partial charge in [0.05, 0.1) is 11.5 Å². The first-order chi connectivity index (χ1) is 11.7. The normalized spacial score (nSPS) is 10.7. The van der Waals surface area contributed by atoms with Gasteiger partial charge in [0.15, 0.2) is 11.0 Å². The lowest BCUT2D eigenvalue weighted by atomic mass is 10.2. The van der Waals surface area contributed by atoms with Crippen LogP contribution in [0.5, 0.6) is 0 Å². The first-order valence-electron chi connectivity index (χ1n) is 7.53. The van der Waals surface area contributed by atoms with E-state index in [0.29, 0.717) is 6.54 Å². The van der Waals surface area contributed by atoms with Crippen LogP contribution in [0.2, 0.25) is 0 Å². The lowest BCUT2D eigenvalue weighted by molar-refractivity contribution is -0.384. The topological polar surface area (TPSA) is 73.8 Å². The molecule has 0 spiro atoms. The molecule has 2 aromatic carbocycles. The minimum absolute atomic E-state index is 0.0916. The van der Waals surface area contributed by atoms with Gasteiger partial charge in [-0.15, -0.1) is 10.2 Å². The van der Waals surface area contributed by atoms with Gasteiger partial charge in [0.2, 0.25) is 0 Å². The van der Waals surface area contributed by atoms with Crippen LogP contribution in [0.3, 0.4) is 0 Å². The van der Waals surface area contributed by atoms with E-state index in [-0.39, 0.29) is 5.69 Å². The summed E-state index contributed by atoms with van der Waals surface area (Å²) in [5.74, 6) is 1.69. The summed E-state index contributed by atoms with van der Waals surface area (Å²) >= 11 is 1.63. The maximum atomic E-state index is 10.8. The molecule has 0 N–H and O–H groups in total. The Morgan fingerprint density at radius 1 is 1.08 bits per heavy atom. The van der Waals surface area contributed by atoms with Crippen LogP contribution in [-0.4, -0.2) is 25.4 Å². The minimum atomic E-state index is -0.393. The third-order valence-corrected chi connectivity index (χ3v) is 4.36. The molecule has 0 saturated carbocycles. The zero-order valence-corrected chi connectivity index (χ0v) is 13.9. The molecule has 24 heavy (non-hydrogen) atoms. The second-order valence-electron chi connectivity index (χ2n) is 5.11. The largest absolute Gasteiger partial charge is 0.298 e. The highest BCUT2D eigenvalue weighted by Gasteiger charge is 2.14. The standard InChI is InChI=1S/C17H16N4O2S/c1-2-24-17-19-18-16(14-6-4-3-5-7-14)20(17)12-13-8-10-15(11-9-13)21(22)23/h3-11H,2,12H2,1H3. The molecule has 0 aliphatic carbocycles. The predicted octanol–water partition coefficient (Wildman–Crippen LogP) is 4.01. The van der Waals surface area contributed by atoms with Crippen LogP contribution in [-0.2, 0) is 6.54 Å². The van der Waals surface area contributed by atoms with Crippen molar-refractivity contribution in [1.82, 2.24) is 14.8 Å². The number of hydrogen-bond acceptors (Lipinski definition) is 5. The number of nitrogens with zero attached hydrogens (tertiary/aromatic N) is 4. The number of hydrogen-bond donors (Lipinski definition) is 0. The molecule has 122 valence electrons. The van der Waals surface area contributed by atoms with Crippen molar-refractivity contribution in [3.8, 4) is 11.4 Å². The molecule has 0 bridgehead atoms. The molecule has 0 aliphatic rings. The Balaban J connectivity index is 1.96. The summed E-state index contributed by atoms with van der Waals surface area (Å²) in [6, 6.07) is 16.5. The van der Waals surface area contributed by atoms with E-state index in [2.05, 4.69) is 17.1 Å². The van der Waals surface area contributed by atoms with Gasteiger partial charge in [-0.05, 0) is 11.3 Å². The first-order valence-corrected chi connectivity index (χ1v) is 8.52. The van der Waals surface area contributed by atoms with Gasteiger partial charge in [-0.3, -0.25) is 14.7 Å². The van der Waals surface area contributed by atoms with Crippen molar-refractivity contribution in [1.29, 1.82) is 0 Å². The van der Waals surface area contributed by atoms with E-state index in [0.717, 1.165) is 27.9 Å². The van der Waals surface area contributed by atoms with Gasteiger partial charge in [-0.1, -0.05) is 61.2 Å². The predicted molar refractivity (Wildman–Crippen MR) is 94.1 cm³/mol. The number of non-ortho nitro benzene ring substituents is 1. The van der Waals surface area contributed by atoms with E-state index in [1.165, 1.54) is 12.1 Å². The van der Waals surface area contributed by atoms with E-state index < -0.39 is 4.92 Å². The highest BCUT2D eigenvalue weighted by molar-refractivity contribution is 7.99. The van der Waals surface area contributed by atoms with Crippen molar-refractivity contribution in [2.24, 2.45) is 0 Å². The number of nitro groups is 1. The van der Waals surface area contributed by atoms with Gasteiger partial charge < -0.3 is 0 Å². The average Bonchev–Trinajstić information content (AvgIpc) is 2.99. The molecule has 3 rings (SSSR count). The number of rotatable bonds is 6.